The van der Waals surface area contributed by atoms with Crippen molar-refractivity contribution in [3.05, 3.63) is 33.3 Å². The molecule has 0 radical (unpaired) electrons. The Hall–Kier alpha value is -0.580. The third-order valence-electron chi connectivity index (χ3n) is 3.12. The molecule has 0 bridgehead atoms. The molecule has 98 valence electrons. The lowest BCUT2D eigenvalue weighted by molar-refractivity contribution is -0.0107. The topological polar surface area (TPSA) is 40.5 Å². The highest BCUT2D eigenvalue weighted by Crippen LogP contribution is 2.26. The molecule has 0 aromatic heterocycles. The fourth-order valence-electron chi connectivity index (χ4n) is 2.23. The lowest BCUT2D eigenvalue weighted by Gasteiger charge is -2.37. The molecule has 18 heavy (non-hydrogen) atoms. The van der Waals surface area contributed by atoms with Gasteiger partial charge in [0.05, 0.1) is 16.2 Å². The maximum absolute atomic E-state index is 12.4. The number of halogens is 2. The molecule has 1 saturated heterocycles. The van der Waals surface area contributed by atoms with Gasteiger partial charge in [-0.25, -0.2) is 0 Å². The summed E-state index contributed by atoms with van der Waals surface area (Å²) in [6.07, 6.45) is 1.54. The minimum Gasteiger partial charge on any atom is -0.388 e. The van der Waals surface area contributed by atoms with Crippen molar-refractivity contribution >= 4 is 33.4 Å². The van der Waals surface area contributed by atoms with E-state index >= 15 is 0 Å². The number of nitrogens with zero attached hydrogens (tertiary/aromatic N) is 1. The van der Waals surface area contributed by atoms with Crippen molar-refractivity contribution in [3.8, 4) is 0 Å². The maximum atomic E-state index is 12.4. The van der Waals surface area contributed by atoms with E-state index in [1.807, 2.05) is 0 Å². The summed E-state index contributed by atoms with van der Waals surface area (Å²) in [4.78, 5) is 14.0. The third kappa shape index (κ3) is 3.05. The van der Waals surface area contributed by atoms with Crippen LogP contribution in [0.4, 0.5) is 0 Å². The summed E-state index contributed by atoms with van der Waals surface area (Å²) < 4.78 is 0.819. The van der Waals surface area contributed by atoms with E-state index < -0.39 is 5.60 Å². The molecule has 1 aromatic rings. The number of β-amino-alcohol motifs (C(OH)–C–C–N with tert-alkyl or cyclic N) is 1. The lowest BCUT2D eigenvalue weighted by atomic mass is 9.94. The molecular formula is C13H15BrClNO2. The van der Waals surface area contributed by atoms with Gasteiger partial charge in [0.25, 0.3) is 5.91 Å². The van der Waals surface area contributed by atoms with Crippen LogP contribution in [0.2, 0.25) is 5.02 Å². The smallest absolute Gasteiger partial charge is 0.255 e. The zero-order chi connectivity index (χ0) is 13.3. The van der Waals surface area contributed by atoms with Gasteiger partial charge in [-0.2, -0.15) is 0 Å². The highest BCUT2D eigenvalue weighted by Gasteiger charge is 2.31. The molecule has 1 aliphatic rings. The summed E-state index contributed by atoms with van der Waals surface area (Å²) in [7, 11) is 0. The molecule has 3 nitrogen and oxygen atoms in total. The van der Waals surface area contributed by atoms with E-state index in [2.05, 4.69) is 15.9 Å². The first-order chi connectivity index (χ1) is 8.39. The second-order valence-corrected chi connectivity index (χ2v) is 6.27. The van der Waals surface area contributed by atoms with Crippen LogP contribution in [0.15, 0.2) is 22.7 Å². The van der Waals surface area contributed by atoms with Crippen molar-refractivity contribution in [2.24, 2.45) is 0 Å². The molecule has 5 heteroatoms. The number of benzene rings is 1. The van der Waals surface area contributed by atoms with Crippen molar-refractivity contribution in [1.82, 2.24) is 4.90 Å². The van der Waals surface area contributed by atoms with Gasteiger partial charge in [-0.1, -0.05) is 27.5 Å². The van der Waals surface area contributed by atoms with Crippen LogP contribution in [0, 0.1) is 0 Å². The number of carbonyl (C=O) groups excluding carboxylic acids is 1. The van der Waals surface area contributed by atoms with E-state index in [9.17, 15) is 9.90 Å². The van der Waals surface area contributed by atoms with Crippen molar-refractivity contribution < 1.29 is 9.90 Å². The molecule has 1 amide bonds. The van der Waals surface area contributed by atoms with Crippen LogP contribution in [0.1, 0.15) is 30.1 Å². The molecular weight excluding hydrogens is 318 g/mol. The van der Waals surface area contributed by atoms with Gasteiger partial charge in [-0.05, 0) is 38.0 Å². The Morgan fingerprint density at radius 1 is 1.56 bits per heavy atom. The van der Waals surface area contributed by atoms with E-state index in [1.54, 1.807) is 30.0 Å². The zero-order valence-electron chi connectivity index (χ0n) is 10.1. The van der Waals surface area contributed by atoms with Crippen LogP contribution in [0.3, 0.4) is 0 Å². The van der Waals surface area contributed by atoms with E-state index in [-0.39, 0.29) is 5.91 Å². The quantitative estimate of drug-likeness (QED) is 0.858. The van der Waals surface area contributed by atoms with Crippen LogP contribution >= 0.6 is 27.5 Å². The summed E-state index contributed by atoms with van der Waals surface area (Å²) in [6.45, 7) is 2.78. The van der Waals surface area contributed by atoms with Gasteiger partial charge in [0, 0.05) is 17.6 Å². The van der Waals surface area contributed by atoms with E-state index in [0.29, 0.717) is 23.7 Å². The normalized spacial score (nSPS) is 24.1. The van der Waals surface area contributed by atoms with Crippen LogP contribution in [-0.4, -0.2) is 34.6 Å². The fourth-order valence-corrected chi connectivity index (χ4v) is 2.78. The summed E-state index contributed by atoms with van der Waals surface area (Å²) >= 11 is 9.38. The standard InChI is InChI=1S/C13H15BrClNO2/c1-13(18)5-2-6-16(8-13)12(17)10-7-9(14)3-4-11(10)15/h3-4,7,18H,2,5-6,8H2,1H3. The number of carbonyl (C=O) groups is 1. The largest absolute Gasteiger partial charge is 0.388 e. The van der Waals surface area contributed by atoms with Gasteiger partial charge in [0.1, 0.15) is 0 Å². The number of piperidine rings is 1. The summed E-state index contributed by atoms with van der Waals surface area (Å²) in [5, 5.41) is 10.5. The van der Waals surface area contributed by atoms with Crippen molar-refractivity contribution in [2.45, 2.75) is 25.4 Å². The molecule has 0 aliphatic carbocycles. The van der Waals surface area contributed by atoms with Crippen LogP contribution < -0.4 is 0 Å². The second-order valence-electron chi connectivity index (χ2n) is 4.95. The second kappa shape index (κ2) is 5.19. The number of hydrogen-bond acceptors (Lipinski definition) is 2. The first-order valence-corrected chi connectivity index (χ1v) is 7.03. The Morgan fingerprint density at radius 3 is 2.94 bits per heavy atom. The Morgan fingerprint density at radius 2 is 2.28 bits per heavy atom. The monoisotopic (exact) mass is 331 g/mol. The maximum Gasteiger partial charge on any atom is 0.255 e. The predicted molar refractivity (Wildman–Crippen MR) is 74.9 cm³/mol. The third-order valence-corrected chi connectivity index (χ3v) is 3.94. The molecule has 0 saturated carbocycles. The first kappa shape index (κ1) is 13.8. The van der Waals surface area contributed by atoms with E-state index in [0.717, 1.165) is 17.3 Å². The van der Waals surface area contributed by atoms with Gasteiger partial charge in [-0.15, -0.1) is 0 Å². The molecule has 1 N–H and O–H groups in total. The highest BCUT2D eigenvalue weighted by atomic mass is 79.9. The SMILES string of the molecule is CC1(O)CCCN(C(=O)c2cc(Br)ccc2Cl)C1. The summed E-state index contributed by atoms with van der Waals surface area (Å²) in [5.74, 6) is -0.124. The van der Waals surface area contributed by atoms with Gasteiger partial charge in [0.2, 0.25) is 0 Å². The number of rotatable bonds is 1. The molecule has 2 rings (SSSR count). The van der Waals surface area contributed by atoms with Crippen LogP contribution in [-0.2, 0) is 0 Å². The fraction of sp³-hybridized carbons (Fsp3) is 0.462. The highest BCUT2D eigenvalue weighted by molar-refractivity contribution is 9.10. The average molecular weight is 333 g/mol. The Labute approximate surface area is 120 Å². The molecule has 1 unspecified atom stereocenters. The Kier molecular flexibility index (Phi) is 3.99. The lowest BCUT2D eigenvalue weighted by Crippen LogP contribution is -2.48. The molecule has 1 atom stereocenters. The minimum atomic E-state index is -0.799. The Bertz CT molecular complexity index is 476. The van der Waals surface area contributed by atoms with E-state index in [1.165, 1.54) is 0 Å². The van der Waals surface area contributed by atoms with Gasteiger partial charge in [-0.3, -0.25) is 4.79 Å². The average Bonchev–Trinajstić information content (AvgIpc) is 2.30. The molecule has 1 aromatic carbocycles. The minimum absolute atomic E-state index is 0.124. The molecule has 1 heterocycles. The predicted octanol–water partition coefficient (Wildman–Crippen LogP) is 3.09. The van der Waals surface area contributed by atoms with E-state index in [4.69, 9.17) is 11.6 Å². The summed E-state index contributed by atoms with van der Waals surface area (Å²) in [5.41, 5.74) is -0.324. The molecule has 1 aliphatic heterocycles. The number of hydrogen-bond donors (Lipinski definition) is 1. The summed E-state index contributed by atoms with van der Waals surface area (Å²) in [6, 6.07) is 5.21. The van der Waals surface area contributed by atoms with Crippen molar-refractivity contribution in [3.63, 3.8) is 0 Å². The Balaban J connectivity index is 2.23. The van der Waals surface area contributed by atoms with Crippen molar-refractivity contribution in [1.29, 1.82) is 0 Å². The van der Waals surface area contributed by atoms with Crippen LogP contribution in [0.25, 0.3) is 0 Å². The molecule has 1 fully saturated rings. The molecule has 0 spiro atoms. The van der Waals surface area contributed by atoms with Crippen molar-refractivity contribution in [2.75, 3.05) is 13.1 Å². The van der Waals surface area contributed by atoms with Gasteiger partial charge < -0.3 is 10.0 Å². The zero-order valence-corrected chi connectivity index (χ0v) is 12.5. The first-order valence-electron chi connectivity index (χ1n) is 5.86. The van der Waals surface area contributed by atoms with Crippen LogP contribution in [0.5, 0.6) is 0 Å². The number of amides is 1. The van der Waals surface area contributed by atoms with Gasteiger partial charge >= 0.3 is 0 Å². The van der Waals surface area contributed by atoms with Gasteiger partial charge in [0.15, 0.2) is 0 Å². The number of likely N-dealkylation sites (tertiary alicyclic amines) is 1. The number of aliphatic hydroxyl groups is 1.